The number of benzene rings is 1. The third-order valence-corrected chi connectivity index (χ3v) is 4.71. The van der Waals surface area contributed by atoms with Crippen molar-refractivity contribution in [2.75, 3.05) is 19.7 Å². The minimum Gasteiger partial charge on any atom is -0.493 e. The van der Waals surface area contributed by atoms with Gasteiger partial charge in [0.25, 0.3) is 0 Å². The van der Waals surface area contributed by atoms with E-state index in [9.17, 15) is 0 Å². The molecule has 1 heterocycles. The molecule has 0 bridgehead atoms. The summed E-state index contributed by atoms with van der Waals surface area (Å²) in [5, 5.41) is 6.98. The van der Waals surface area contributed by atoms with E-state index in [1.54, 1.807) is 0 Å². The topological polar surface area (TPSA) is 45.7 Å². The normalized spacial score (nSPS) is 17.6. The zero-order valence-electron chi connectivity index (χ0n) is 14.6. The van der Waals surface area contributed by atoms with Crippen LogP contribution in [0.2, 0.25) is 0 Å². The molecule has 1 aromatic carbocycles. The van der Waals surface area contributed by atoms with Gasteiger partial charge in [0.15, 0.2) is 5.96 Å². The van der Waals surface area contributed by atoms with Gasteiger partial charge in [0, 0.05) is 25.6 Å². The molecule has 24 heavy (non-hydrogen) atoms. The van der Waals surface area contributed by atoms with Crippen LogP contribution in [-0.2, 0) is 12.8 Å². The lowest BCUT2D eigenvalue weighted by Crippen LogP contribution is -2.44. The Morgan fingerprint density at radius 3 is 2.88 bits per heavy atom. The first-order valence-electron chi connectivity index (χ1n) is 9.14. The number of fused-ring (bicyclic) bond motifs is 1. The number of hydrogen-bond acceptors (Lipinski definition) is 2. The smallest absolute Gasteiger partial charge is 0.191 e. The van der Waals surface area contributed by atoms with E-state index in [-0.39, 0.29) is 24.0 Å². The molecule has 0 spiro atoms. The summed E-state index contributed by atoms with van der Waals surface area (Å²) >= 11 is 0. The Labute approximate surface area is 162 Å². The van der Waals surface area contributed by atoms with Crippen LogP contribution in [-0.4, -0.2) is 31.7 Å². The zero-order valence-corrected chi connectivity index (χ0v) is 17.0. The van der Waals surface area contributed by atoms with Crippen molar-refractivity contribution in [3.8, 4) is 5.75 Å². The SMILES string of the molecule is CCNC(=NCCc1ccc2c(c1)CCO2)NC1CCCCC1.I. The first-order chi connectivity index (χ1) is 11.3. The number of nitrogens with one attached hydrogen (secondary N) is 2. The maximum atomic E-state index is 5.57. The molecule has 0 unspecified atom stereocenters. The van der Waals surface area contributed by atoms with Crippen LogP contribution in [0, 0.1) is 0 Å². The van der Waals surface area contributed by atoms with Crippen molar-refractivity contribution in [1.29, 1.82) is 0 Å². The fraction of sp³-hybridized carbons (Fsp3) is 0.632. The summed E-state index contributed by atoms with van der Waals surface area (Å²) in [6.45, 7) is 4.68. The largest absolute Gasteiger partial charge is 0.493 e. The standard InChI is InChI=1S/C19H29N3O.HI/c1-2-20-19(22-17-6-4-3-5-7-17)21-12-10-15-8-9-18-16(14-15)11-13-23-18;/h8-9,14,17H,2-7,10-13H2,1H3,(H2,20,21,22);1H. The second kappa shape index (κ2) is 10.1. The van der Waals surface area contributed by atoms with Crippen LogP contribution in [0.15, 0.2) is 23.2 Å². The fourth-order valence-corrected chi connectivity index (χ4v) is 3.45. The van der Waals surface area contributed by atoms with Gasteiger partial charge in [-0.05, 0) is 43.4 Å². The van der Waals surface area contributed by atoms with Crippen molar-refractivity contribution >= 4 is 29.9 Å². The lowest BCUT2D eigenvalue weighted by Gasteiger charge is -2.24. The molecular formula is C19H30IN3O. The van der Waals surface area contributed by atoms with Crippen molar-refractivity contribution in [2.24, 2.45) is 4.99 Å². The quantitative estimate of drug-likeness (QED) is 0.415. The third kappa shape index (κ3) is 5.53. The number of hydrogen-bond donors (Lipinski definition) is 2. The van der Waals surface area contributed by atoms with E-state index in [0.29, 0.717) is 6.04 Å². The van der Waals surface area contributed by atoms with Gasteiger partial charge in [-0.1, -0.05) is 31.4 Å². The second-order valence-electron chi connectivity index (χ2n) is 6.53. The van der Waals surface area contributed by atoms with Crippen molar-refractivity contribution in [1.82, 2.24) is 10.6 Å². The molecule has 1 aliphatic heterocycles. The molecule has 2 N–H and O–H groups in total. The van der Waals surface area contributed by atoms with E-state index in [0.717, 1.165) is 44.2 Å². The molecule has 1 aromatic rings. The molecule has 0 aromatic heterocycles. The number of aliphatic imine (C=N–C) groups is 1. The van der Waals surface area contributed by atoms with Crippen molar-refractivity contribution in [2.45, 2.75) is 57.9 Å². The molecule has 1 aliphatic carbocycles. The second-order valence-corrected chi connectivity index (χ2v) is 6.53. The van der Waals surface area contributed by atoms with Crippen molar-refractivity contribution in [3.63, 3.8) is 0 Å². The average Bonchev–Trinajstić information content (AvgIpc) is 3.04. The summed E-state index contributed by atoms with van der Waals surface area (Å²) in [5.74, 6) is 2.04. The first kappa shape index (κ1) is 19.3. The summed E-state index contributed by atoms with van der Waals surface area (Å²) in [7, 11) is 0. The van der Waals surface area contributed by atoms with E-state index in [2.05, 4.69) is 35.8 Å². The highest BCUT2D eigenvalue weighted by molar-refractivity contribution is 14.0. The Morgan fingerprint density at radius 2 is 2.08 bits per heavy atom. The predicted octanol–water partition coefficient (Wildman–Crippen LogP) is 3.67. The molecule has 0 radical (unpaired) electrons. The third-order valence-electron chi connectivity index (χ3n) is 4.71. The van der Waals surface area contributed by atoms with Gasteiger partial charge in [-0.3, -0.25) is 4.99 Å². The van der Waals surface area contributed by atoms with Crippen LogP contribution in [0.1, 0.15) is 50.2 Å². The number of nitrogens with zero attached hydrogens (tertiary/aromatic N) is 1. The summed E-state index contributed by atoms with van der Waals surface area (Å²) < 4.78 is 5.57. The molecule has 134 valence electrons. The van der Waals surface area contributed by atoms with Gasteiger partial charge in [-0.25, -0.2) is 0 Å². The Hall–Kier alpha value is -0.980. The molecule has 3 rings (SSSR count). The maximum Gasteiger partial charge on any atom is 0.191 e. The molecular weight excluding hydrogens is 413 g/mol. The van der Waals surface area contributed by atoms with Crippen molar-refractivity contribution in [3.05, 3.63) is 29.3 Å². The van der Waals surface area contributed by atoms with Crippen LogP contribution in [0.25, 0.3) is 0 Å². The van der Waals surface area contributed by atoms with E-state index < -0.39 is 0 Å². The van der Waals surface area contributed by atoms with Crippen molar-refractivity contribution < 1.29 is 4.74 Å². The van der Waals surface area contributed by atoms with E-state index in [1.165, 1.54) is 43.2 Å². The molecule has 4 nitrogen and oxygen atoms in total. The van der Waals surface area contributed by atoms with Gasteiger partial charge >= 0.3 is 0 Å². The summed E-state index contributed by atoms with van der Waals surface area (Å²) in [4.78, 5) is 4.76. The zero-order chi connectivity index (χ0) is 15.9. The van der Waals surface area contributed by atoms with Crippen LogP contribution in [0.3, 0.4) is 0 Å². The first-order valence-corrected chi connectivity index (χ1v) is 9.14. The maximum absolute atomic E-state index is 5.57. The lowest BCUT2D eigenvalue weighted by molar-refractivity contribution is 0.357. The summed E-state index contributed by atoms with van der Waals surface area (Å²) in [6.07, 6.45) is 8.63. The molecule has 5 heteroatoms. The number of rotatable bonds is 5. The van der Waals surface area contributed by atoms with Crippen LogP contribution in [0.5, 0.6) is 5.75 Å². The number of ether oxygens (including phenoxy) is 1. The van der Waals surface area contributed by atoms with Gasteiger partial charge in [0.05, 0.1) is 6.61 Å². The lowest BCUT2D eigenvalue weighted by atomic mass is 9.96. The van der Waals surface area contributed by atoms with Crippen LogP contribution in [0.4, 0.5) is 0 Å². The van der Waals surface area contributed by atoms with E-state index >= 15 is 0 Å². The highest BCUT2D eigenvalue weighted by Gasteiger charge is 2.14. The monoisotopic (exact) mass is 443 g/mol. The minimum atomic E-state index is 0. The van der Waals surface area contributed by atoms with Gasteiger partial charge in [-0.15, -0.1) is 24.0 Å². The Bertz CT molecular complexity index is 541. The molecule has 0 saturated heterocycles. The van der Waals surface area contributed by atoms with Gasteiger partial charge in [0.2, 0.25) is 0 Å². The molecule has 0 amide bonds. The number of guanidine groups is 1. The Morgan fingerprint density at radius 1 is 1.25 bits per heavy atom. The van der Waals surface area contributed by atoms with E-state index in [4.69, 9.17) is 9.73 Å². The Balaban J connectivity index is 0.00000208. The van der Waals surface area contributed by atoms with Gasteiger partial charge in [-0.2, -0.15) is 0 Å². The number of halogens is 1. The molecule has 0 atom stereocenters. The highest BCUT2D eigenvalue weighted by atomic mass is 127. The summed E-state index contributed by atoms with van der Waals surface area (Å²) in [6, 6.07) is 7.14. The molecule has 1 fully saturated rings. The predicted molar refractivity (Wildman–Crippen MR) is 111 cm³/mol. The highest BCUT2D eigenvalue weighted by Crippen LogP contribution is 2.26. The van der Waals surface area contributed by atoms with E-state index in [1.807, 2.05) is 0 Å². The van der Waals surface area contributed by atoms with Crippen LogP contribution >= 0.6 is 24.0 Å². The average molecular weight is 443 g/mol. The van der Waals surface area contributed by atoms with Gasteiger partial charge in [0.1, 0.15) is 5.75 Å². The van der Waals surface area contributed by atoms with Gasteiger partial charge < -0.3 is 15.4 Å². The Kier molecular flexibility index (Phi) is 8.15. The minimum absolute atomic E-state index is 0. The molecule has 1 saturated carbocycles. The molecule has 2 aliphatic rings. The summed E-state index contributed by atoms with van der Waals surface area (Å²) in [5.41, 5.74) is 2.70. The van der Waals surface area contributed by atoms with Crippen LogP contribution < -0.4 is 15.4 Å². The fourth-order valence-electron chi connectivity index (χ4n) is 3.45.